The summed E-state index contributed by atoms with van der Waals surface area (Å²) < 4.78 is 0. The van der Waals surface area contributed by atoms with Crippen LogP contribution in [0.1, 0.15) is 17.5 Å². The third-order valence-electron chi connectivity index (χ3n) is 3.12. The van der Waals surface area contributed by atoms with Crippen molar-refractivity contribution in [3.63, 3.8) is 0 Å². The Hall–Kier alpha value is -1.67. The largest absolute Gasteiger partial charge is 0.179 e. The fourth-order valence-electron chi connectivity index (χ4n) is 2.06. The van der Waals surface area contributed by atoms with Gasteiger partial charge in [-0.15, -0.1) is 4.91 Å². The highest BCUT2D eigenvalue weighted by Gasteiger charge is 2.28. The van der Waals surface area contributed by atoms with Crippen LogP contribution in [0.5, 0.6) is 0 Å². The second-order valence-corrected chi connectivity index (χ2v) is 5.36. The first-order valence-corrected chi connectivity index (χ1v) is 6.71. The third-order valence-corrected chi connectivity index (χ3v) is 3.51. The summed E-state index contributed by atoms with van der Waals surface area (Å²) in [7, 11) is 0. The molecule has 1 atom stereocenters. The summed E-state index contributed by atoms with van der Waals surface area (Å²) in [6.07, 6.45) is 1.76. The number of nitrogens with zero attached hydrogens (tertiary/aromatic N) is 1. The summed E-state index contributed by atoms with van der Waals surface area (Å²) in [5.41, 5.74) is 2.20. The number of alkyl halides is 1. The standard InChI is InChI=1S/C16H16ClNO/c17-16(18-19,13-15-9-5-2-6-10-15)12-11-14-7-3-1-4-8-14/h1-10H,11-13H2. The maximum atomic E-state index is 11.1. The molecule has 2 aromatic rings. The average molecular weight is 274 g/mol. The molecule has 0 aromatic heterocycles. The third kappa shape index (κ3) is 4.18. The van der Waals surface area contributed by atoms with E-state index in [-0.39, 0.29) is 0 Å². The fraction of sp³-hybridized carbons (Fsp3) is 0.250. The van der Waals surface area contributed by atoms with E-state index in [1.165, 1.54) is 5.56 Å². The second kappa shape index (κ2) is 6.48. The van der Waals surface area contributed by atoms with Crippen molar-refractivity contribution in [3.05, 3.63) is 76.7 Å². The first-order chi connectivity index (χ1) is 9.22. The van der Waals surface area contributed by atoms with Crippen LogP contribution in [0.25, 0.3) is 0 Å². The minimum atomic E-state index is -1.06. The van der Waals surface area contributed by atoms with Crippen LogP contribution in [0, 0.1) is 4.91 Å². The van der Waals surface area contributed by atoms with Gasteiger partial charge in [0.05, 0.1) is 0 Å². The smallest absolute Gasteiger partial charge is 0.149 e. The molecule has 98 valence electrons. The Kier molecular flexibility index (Phi) is 4.69. The lowest BCUT2D eigenvalue weighted by Gasteiger charge is -2.19. The summed E-state index contributed by atoms with van der Waals surface area (Å²) in [4.78, 5) is 10.0. The number of nitroso groups, excluding NO2 is 1. The SMILES string of the molecule is O=NC(Cl)(CCc1ccccc1)Cc1ccccc1. The molecule has 0 fully saturated rings. The van der Waals surface area contributed by atoms with Crippen LogP contribution in [0.2, 0.25) is 0 Å². The highest BCUT2D eigenvalue weighted by atomic mass is 35.5. The van der Waals surface area contributed by atoms with Gasteiger partial charge in [-0.2, -0.15) is 0 Å². The maximum absolute atomic E-state index is 11.1. The fourth-order valence-corrected chi connectivity index (χ4v) is 2.30. The molecule has 3 heteroatoms. The first-order valence-electron chi connectivity index (χ1n) is 6.33. The van der Waals surface area contributed by atoms with E-state index in [2.05, 4.69) is 5.18 Å². The summed E-state index contributed by atoms with van der Waals surface area (Å²) in [5.74, 6) is 0. The molecule has 0 N–H and O–H groups in total. The van der Waals surface area contributed by atoms with Crippen molar-refractivity contribution in [3.8, 4) is 0 Å². The topological polar surface area (TPSA) is 29.4 Å². The lowest BCUT2D eigenvalue weighted by atomic mass is 9.99. The molecule has 0 bridgehead atoms. The van der Waals surface area contributed by atoms with Gasteiger partial charge in [0.25, 0.3) is 0 Å². The second-order valence-electron chi connectivity index (χ2n) is 4.66. The predicted octanol–water partition coefficient (Wildman–Crippen LogP) is 4.56. The molecule has 19 heavy (non-hydrogen) atoms. The summed E-state index contributed by atoms with van der Waals surface area (Å²) >= 11 is 6.33. The van der Waals surface area contributed by atoms with Crippen molar-refractivity contribution < 1.29 is 0 Å². The molecule has 0 heterocycles. The van der Waals surface area contributed by atoms with Gasteiger partial charge in [0.2, 0.25) is 0 Å². The highest BCUT2D eigenvalue weighted by molar-refractivity contribution is 6.23. The normalized spacial score (nSPS) is 13.7. The lowest BCUT2D eigenvalue weighted by Crippen LogP contribution is -2.22. The minimum Gasteiger partial charge on any atom is -0.149 e. The van der Waals surface area contributed by atoms with E-state index in [4.69, 9.17) is 11.6 Å². The molecule has 0 saturated carbocycles. The van der Waals surface area contributed by atoms with Gasteiger partial charge in [-0.1, -0.05) is 72.3 Å². The first kappa shape index (κ1) is 13.8. The molecule has 0 aliphatic heterocycles. The average Bonchev–Trinajstić information content (AvgIpc) is 2.47. The molecule has 0 aliphatic rings. The zero-order valence-electron chi connectivity index (χ0n) is 10.6. The van der Waals surface area contributed by atoms with E-state index in [9.17, 15) is 4.91 Å². The van der Waals surface area contributed by atoms with Crippen LogP contribution in [0.3, 0.4) is 0 Å². The molecule has 2 nitrogen and oxygen atoms in total. The Morgan fingerprint density at radius 3 is 1.95 bits per heavy atom. The van der Waals surface area contributed by atoms with Crippen molar-refractivity contribution in [2.24, 2.45) is 5.18 Å². The molecule has 0 spiro atoms. The van der Waals surface area contributed by atoms with Gasteiger partial charge in [-0.3, -0.25) is 0 Å². The van der Waals surface area contributed by atoms with Crippen molar-refractivity contribution in [1.29, 1.82) is 0 Å². The summed E-state index contributed by atoms with van der Waals surface area (Å²) in [6, 6.07) is 19.7. The number of benzene rings is 2. The lowest BCUT2D eigenvalue weighted by molar-refractivity contribution is 0.544. The van der Waals surface area contributed by atoms with Crippen LogP contribution in [0.4, 0.5) is 0 Å². The van der Waals surface area contributed by atoms with Gasteiger partial charge in [0.1, 0.15) is 0 Å². The van der Waals surface area contributed by atoms with E-state index >= 15 is 0 Å². The van der Waals surface area contributed by atoms with Crippen molar-refractivity contribution in [2.75, 3.05) is 0 Å². The minimum absolute atomic E-state index is 0.464. The van der Waals surface area contributed by atoms with Crippen LogP contribution < -0.4 is 0 Å². The van der Waals surface area contributed by atoms with Crippen molar-refractivity contribution >= 4 is 11.6 Å². The molecule has 0 aliphatic carbocycles. The predicted molar refractivity (Wildman–Crippen MR) is 79.3 cm³/mol. The van der Waals surface area contributed by atoms with Crippen molar-refractivity contribution in [1.82, 2.24) is 0 Å². The van der Waals surface area contributed by atoms with E-state index in [0.29, 0.717) is 12.8 Å². The molecule has 1 unspecified atom stereocenters. The van der Waals surface area contributed by atoms with E-state index in [1.54, 1.807) is 0 Å². The number of hydrogen-bond acceptors (Lipinski definition) is 2. The zero-order valence-corrected chi connectivity index (χ0v) is 11.4. The van der Waals surface area contributed by atoms with Gasteiger partial charge < -0.3 is 0 Å². The molecule has 0 radical (unpaired) electrons. The van der Waals surface area contributed by atoms with Gasteiger partial charge in [0, 0.05) is 6.42 Å². The van der Waals surface area contributed by atoms with Crippen LogP contribution in [-0.2, 0) is 12.8 Å². The Labute approximate surface area is 118 Å². The van der Waals surface area contributed by atoms with E-state index < -0.39 is 5.00 Å². The number of aryl methyl sites for hydroxylation is 1. The van der Waals surface area contributed by atoms with E-state index in [1.807, 2.05) is 60.7 Å². The molecular formula is C16H16ClNO. The number of hydrogen-bond donors (Lipinski definition) is 0. The van der Waals surface area contributed by atoms with Crippen molar-refractivity contribution in [2.45, 2.75) is 24.3 Å². The Morgan fingerprint density at radius 2 is 1.42 bits per heavy atom. The summed E-state index contributed by atoms with van der Waals surface area (Å²) in [5, 5.41) is 3.15. The number of halogens is 1. The highest BCUT2D eigenvalue weighted by Crippen LogP contribution is 2.28. The van der Waals surface area contributed by atoms with Gasteiger partial charge in [-0.05, 0) is 29.1 Å². The van der Waals surface area contributed by atoms with Gasteiger partial charge >= 0.3 is 0 Å². The Morgan fingerprint density at radius 1 is 0.895 bits per heavy atom. The van der Waals surface area contributed by atoms with Crippen LogP contribution in [-0.4, -0.2) is 5.00 Å². The zero-order chi connectivity index (χ0) is 13.6. The molecule has 0 saturated heterocycles. The van der Waals surface area contributed by atoms with Gasteiger partial charge in [-0.25, -0.2) is 0 Å². The van der Waals surface area contributed by atoms with Gasteiger partial charge in [0.15, 0.2) is 5.00 Å². The molecular weight excluding hydrogens is 258 g/mol. The molecule has 2 aromatic carbocycles. The molecule has 0 amide bonds. The Balaban J connectivity index is 2.00. The Bertz CT molecular complexity index is 515. The molecule has 2 rings (SSSR count). The quantitative estimate of drug-likeness (QED) is 0.431. The summed E-state index contributed by atoms with van der Waals surface area (Å²) in [6.45, 7) is 0. The van der Waals surface area contributed by atoms with Crippen LogP contribution in [0.15, 0.2) is 65.8 Å². The monoisotopic (exact) mass is 273 g/mol. The van der Waals surface area contributed by atoms with E-state index in [0.717, 1.165) is 12.0 Å². The number of rotatable bonds is 6. The van der Waals surface area contributed by atoms with Crippen LogP contribution >= 0.6 is 11.6 Å². The maximum Gasteiger partial charge on any atom is 0.179 e.